The molecule has 3 N–H and O–H groups in total. The molecule has 1 aliphatic rings. The lowest BCUT2D eigenvalue weighted by atomic mass is 9.93. The monoisotopic (exact) mass is 511 g/mol. The highest BCUT2D eigenvalue weighted by atomic mass is 35.5. The molecule has 2 heterocycles. The molecule has 0 spiro atoms. The van der Waals surface area contributed by atoms with Crippen LogP contribution in [0, 0.1) is 0 Å². The molecule has 0 aliphatic carbocycles. The molecule has 3 atom stereocenters. The number of rotatable bonds is 9. The molecule has 0 saturated carbocycles. The van der Waals surface area contributed by atoms with E-state index in [-0.39, 0.29) is 31.9 Å². The summed E-state index contributed by atoms with van der Waals surface area (Å²) < 4.78 is 5.53. The van der Waals surface area contributed by atoms with Gasteiger partial charge in [0.25, 0.3) is 0 Å². The first-order valence-electron chi connectivity index (χ1n) is 12.2. The molecule has 1 aliphatic heterocycles. The van der Waals surface area contributed by atoms with Crippen molar-refractivity contribution in [1.82, 2.24) is 9.88 Å². The minimum atomic E-state index is -1.10. The Labute approximate surface area is 217 Å². The van der Waals surface area contributed by atoms with E-state index in [0.29, 0.717) is 23.8 Å². The zero-order valence-corrected chi connectivity index (χ0v) is 21.5. The SMILES string of the molecule is C[C@@H]1CN(c2ccc(OCCO)cc2)[C@H](c2ccc(Cl)cc2)CN1C[C@@](C)(O)c1ccc(CO)nc1. The van der Waals surface area contributed by atoms with Crippen molar-refractivity contribution in [2.75, 3.05) is 37.7 Å². The Bertz CT molecular complexity index is 1110. The zero-order valence-electron chi connectivity index (χ0n) is 20.7. The van der Waals surface area contributed by atoms with Crippen LogP contribution in [0.25, 0.3) is 0 Å². The summed E-state index contributed by atoms with van der Waals surface area (Å²) in [6.45, 7) is 6.02. The lowest BCUT2D eigenvalue weighted by molar-refractivity contribution is -0.00396. The zero-order chi connectivity index (χ0) is 25.7. The minimum absolute atomic E-state index is 0.0225. The van der Waals surface area contributed by atoms with Crippen molar-refractivity contribution < 1.29 is 20.1 Å². The van der Waals surface area contributed by atoms with E-state index in [2.05, 4.69) is 33.8 Å². The molecule has 0 unspecified atom stereocenters. The number of nitrogens with zero attached hydrogens (tertiary/aromatic N) is 3. The first kappa shape index (κ1) is 26.4. The van der Waals surface area contributed by atoms with Crippen molar-refractivity contribution in [2.45, 2.75) is 38.1 Å². The number of β-amino-alcohol motifs (C(OH)–C–C–N with tert-alkyl or cyclic N) is 1. The van der Waals surface area contributed by atoms with Crippen LogP contribution >= 0.6 is 11.6 Å². The van der Waals surface area contributed by atoms with Crippen molar-refractivity contribution in [3.63, 3.8) is 0 Å². The summed E-state index contributed by atoms with van der Waals surface area (Å²) in [6.07, 6.45) is 1.64. The first-order chi connectivity index (χ1) is 17.3. The van der Waals surface area contributed by atoms with Crippen LogP contribution in [0.15, 0.2) is 66.9 Å². The lowest BCUT2D eigenvalue weighted by Crippen LogP contribution is -2.56. The molecule has 36 heavy (non-hydrogen) atoms. The third kappa shape index (κ3) is 6.17. The van der Waals surface area contributed by atoms with Crippen molar-refractivity contribution in [3.05, 3.63) is 88.7 Å². The molecular weight excluding hydrogens is 478 g/mol. The highest BCUT2D eigenvalue weighted by molar-refractivity contribution is 6.30. The van der Waals surface area contributed by atoms with E-state index in [4.69, 9.17) is 21.4 Å². The van der Waals surface area contributed by atoms with Crippen molar-refractivity contribution in [1.29, 1.82) is 0 Å². The summed E-state index contributed by atoms with van der Waals surface area (Å²) in [4.78, 5) is 8.95. The van der Waals surface area contributed by atoms with E-state index in [1.165, 1.54) is 0 Å². The molecule has 0 bridgehead atoms. The number of halogens is 1. The number of hydrogen-bond donors (Lipinski definition) is 3. The van der Waals surface area contributed by atoms with Crippen LogP contribution in [-0.2, 0) is 12.2 Å². The number of aliphatic hydroxyl groups is 3. The number of anilines is 1. The predicted molar refractivity (Wildman–Crippen MR) is 141 cm³/mol. The van der Waals surface area contributed by atoms with Gasteiger partial charge in [-0.15, -0.1) is 0 Å². The van der Waals surface area contributed by atoms with E-state index in [1.807, 2.05) is 49.4 Å². The minimum Gasteiger partial charge on any atom is -0.491 e. The van der Waals surface area contributed by atoms with E-state index in [9.17, 15) is 10.2 Å². The standard InChI is InChI=1S/C28H34ClN3O4/c1-20-16-32(25-9-11-26(12-10-25)36-14-13-33)27(21-3-6-23(29)7-4-21)17-31(20)19-28(2,35)22-5-8-24(18-34)30-15-22/h3-12,15,20,27,33-35H,13-14,16-19H2,1-2H3/t20-,27+,28-/m1/s1. The lowest BCUT2D eigenvalue weighted by Gasteiger charge is -2.48. The van der Waals surface area contributed by atoms with Gasteiger partial charge in [-0.05, 0) is 61.9 Å². The summed E-state index contributed by atoms with van der Waals surface area (Å²) in [5.74, 6) is 0.722. The number of pyridine rings is 1. The molecule has 192 valence electrons. The second-order valence-corrected chi connectivity index (χ2v) is 9.97. The molecule has 3 aromatic rings. The molecular formula is C28H34ClN3O4. The third-order valence-corrected chi connectivity index (χ3v) is 7.02. The largest absolute Gasteiger partial charge is 0.491 e. The maximum absolute atomic E-state index is 11.4. The van der Waals surface area contributed by atoms with Gasteiger partial charge in [0.1, 0.15) is 18.0 Å². The van der Waals surface area contributed by atoms with Crippen LogP contribution in [0.1, 0.15) is 36.7 Å². The summed E-state index contributed by atoms with van der Waals surface area (Å²) in [5.41, 5.74) is 2.41. The third-order valence-electron chi connectivity index (χ3n) is 6.77. The van der Waals surface area contributed by atoms with Crippen LogP contribution in [0.3, 0.4) is 0 Å². The quantitative estimate of drug-likeness (QED) is 0.403. The Morgan fingerprint density at radius 1 is 1.03 bits per heavy atom. The topological polar surface area (TPSA) is 89.3 Å². The molecule has 1 fully saturated rings. The maximum Gasteiger partial charge on any atom is 0.119 e. The number of benzene rings is 2. The van der Waals surface area contributed by atoms with Gasteiger partial charge >= 0.3 is 0 Å². The van der Waals surface area contributed by atoms with Crippen LogP contribution in [0.5, 0.6) is 5.75 Å². The fraction of sp³-hybridized carbons (Fsp3) is 0.393. The first-order valence-corrected chi connectivity index (χ1v) is 12.6. The van der Waals surface area contributed by atoms with E-state index in [0.717, 1.165) is 29.1 Å². The average molecular weight is 512 g/mol. The van der Waals surface area contributed by atoms with Gasteiger partial charge in [-0.3, -0.25) is 9.88 Å². The molecule has 0 amide bonds. The molecule has 2 aromatic carbocycles. The summed E-state index contributed by atoms with van der Waals surface area (Å²) >= 11 is 6.18. The fourth-order valence-corrected chi connectivity index (χ4v) is 4.85. The van der Waals surface area contributed by atoms with E-state index < -0.39 is 5.60 Å². The summed E-state index contributed by atoms with van der Waals surface area (Å²) in [5, 5.41) is 30.4. The normalized spacial score (nSPS) is 20.2. The van der Waals surface area contributed by atoms with Crippen molar-refractivity contribution in [2.24, 2.45) is 0 Å². The number of hydrogen-bond acceptors (Lipinski definition) is 7. The van der Waals surface area contributed by atoms with E-state index in [1.54, 1.807) is 12.3 Å². The van der Waals surface area contributed by atoms with Crippen LogP contribution in [0.4, 0.5) is 5.69 Å². The number of aliphatic hydroxyl groups excluding tert-OH is 2. The van der Waals surface area contributed by atoms with Crippen LogP contribution < -0.4 is 9.64 Å². The Morgan fingerprint density at radius 2 is 1.75 bits per heavy atom. The van der Waals surface area contributed by atoms with Crippen molar-refractivity contribution >= 4 is 17.3 Å². The molecule has 1 aromatic heterocycles. The van der Waals surface area contributed by atoms with Crippen LogP contribution in [0.2, 0.25) is 5.02 Å². The van der Waals surface area contributed by atoms with Gasteiger partial charge in [-0.2, -0.15) is 0 Å². The Kier molecular flexibility index (Phi) is 8.49. The number of aromatic nitrogens is 1. The summed E-state index contributed by atoms with van der Waals surface area (Å²) in [6, 6.07) is 19.7. The van der Waals surface area contributed by atoms with Gasteiger partial charge in [0, 0.05) is 48.1 Å². The molecule has 1 saturated heterocycles. The molecule has 0 radical (unpaired) electrons. The predicted octanol–water partition coefficient (Wildman–Crippen LogP) is 3.76. The Morgan fingerprint density at radius 3 is 2.36 bits per heavy atom. The Hall–Kier alpha value is -2.68. The Balaban J connectivity index is 1.58. The highest BCUT2D eigenvalue weighted by Crippen LogP contribution is 2.35. The fourth-order valence-electron chi connectivity index (χ4n) is 4.72. The van der Waals surface area contributed by atoms with Gasteiger partial charge < -0.3 is 25.0 Å². The summed E-state index contributed by atoms with van der Waals surface area (Å²) in [7, 11) is 0. The van der Waals surface area contributed by atoms with Gasteiger partial charge in [0.05, 0.1) is 24.9 Å². The van der Waals surface area contributed by atoms with Crippen LogP contribution in [-0.4, -0.2) is 64.1 Å². The highest BCUT2D eigenvalue weighted by Gasteiger charge is 2.37. The van der Waals surface area contributed by atoms with Crippen molar-refractivity contribution in [3.8, 4) is 5.75 Å². The second-order valence-electron chi connectivity index (χ2n) is 9.53. The van der Waals surface area contributed by atoms with Gasteiger partial charge in [-0.1, -0.05) is 29.8 Å². The maximum atomic E-state index is 11.4. The average Bonchev–Trinajstić information content (AvgIpc) is 2.89. The van der Waals surface area contributed by atoms with Gasteiger partial charge in [-0.25, -0.2) is 0 Å². The smallest absolute Gasteiger partial charge is 0.119 e. The second kappa shape index (κ2) is 11.6. The molecule has 8 heteroatoms. The number of ether oxygens (including phenoxy) is 1. The molecule has 4 rings (SSSR count). The van der Waals surface area contributed by atoms with Gasteiger partial charge in [0.15, 0.2) is 0 Å². The van der Waals surface area contributed by atoms with E-state index >= 15 is 0 Å². The number of piperazine rings is 1. The molecule has 7 nitrogen and oxygen atoms in total. The van der Waals surface area contributed by atoms with Gasteiger partial charge in [0.2, 0.25) is 0 Å².